The van der Waals surface area contributed by atoms with Crippen molar-refractivity contribution in [1.29, 1.82) is 0 Å². The predicted octanol–water partition coefficient (Wildman–Crippen LogP) is 1.88. The molecule has 1 saturated heterocycles. The van der Waals surface area contributed by atoms with Gasteiger partial charge in [0.05, 0.1) is 18.1 Å². The van der Waals surface area contributed by atoms with Gasteiger partial charge in [0.25, 0.3) is 5.91 Å². The van der Waals surface area contributed by atoms with Crippen molar-refractivity contribution in [3.63, 3.8) is 0 Å². The highest BCUT2D eigenvalue weighted by molar-refractivity contribution is 7.89. The molecule has 1 aromatic heterocycles. The zero-order chi connectivity index (χ0) is 21.6. The van der Waals surface area contributed by atoms with Crippen LogP contribution in [0.3, 0.4) is 0 Å². The third kappa shape index (κ3) is 5.16. The number of amides is 1. The van der Waals surface area contributed by atoms with Crippen LogP contribution < -0.4 is 10.2 Å². The fraction of sp³-hybridized carbons (Fsp3) is 0.429. The lowest BCUT2D eigenvalue weighted by Crippen LogP contribution is -2.36. The third-order valence-electron chi connectivity index (χ3n) is 5.04. The van der Waals surface area contributed by atoms with Crippen molar-refractivity contribution in [2.45, 2.75) is 25.3 Å². The van der Waals surface area contributed by atoms with Crippen molar-refractivity contribution in [2.75, 3.05) is 44.3 Å². The molecule has 1 aliphatic heterocycles. The van der Waals surface area contributed by atoms with Crippen molar-refractivity contribution in [1.82, 2.24) is 14.6 Å². The van der Waals surface area contributed by atoms with Crippen molar-refractivity contribution in [3.05, 3.63) is 53.7 Å². The van der Waals surface area contributed by atoms with E-state index < -0.39 is 10.0 Å². The van der Waals surface area contributed by atoms with Crippen LogP contribution in [-0.4, -0.2) is 63.0 Å². The van der Waals surface area contributed by atoms with E-state index >= 15 is 0 Å². The van der Waals surface area contributed by atoms with Gasteiger partial charge in [-0.3, -0.25) is 4.79 Å². The Kier molecular flexibility index (Phi) is 7.41. The van der Waals surface area contributed by atoms with Crippen LogP contribution in [0, 0.1) is 0 Å². The summed E-state index contributed by atoms with van der Waals surface area (Å²) in [5.74, 6) is 0.562. The molecule has 8 nitrogen and oxygen atoms in total. The molecule has 3 rings (SSSR count). The van der Waals surface area contributed by atoms with Gasteiger partial charge in [-0.05, 0) is 29.8 Å². The van der Waals surface area contributed by atoms with E-state index in [-0.39, 0.29) is 10.8 Å². The van der Waals surface area contributed by atoms with Gasteiger partial charge in [0.2, 0.25) is 10.0 Å². The molecule has 0 bridgehead atoms. The van der Waals surface area contributed by atoms with Crippen LogP contribution in [0.5, 0.6) is 0 Å². The number of pyridine rings is 1. The highest BCUT2D eigenvalue weighted by Gasteiger charge is 2.22. The van der Waals surface area contributed by atoms with Crippen LogP contribution in [0.15, 0.2) is 47.5 Å². The molecule has 1 amide bonds. The number of carbonyl (C=O) groups is 1. The van der Waals surface area contributed by atoms with Gasteiger partial charge in [0.15, 0.2) is 0 Å². The van der Waals surface area contributed by atoms with Crippen molar-refractivity contribution in [3.8, 4) is 0 Å². The zero-order valence-corrected chi connectivity index (χ0v) is 18.2. The number of nitrogens with zero attached hydrogens (tertiary/aromatic N) is 3. The van der Waals surface area contributed by atoms with E-state index in [4.69, 9.17) is 4.74 Å². The van der Waals surface area contributed by atoms with Crippen LogP contribution >= 0.6 is 0 Å². The molecular formula is C21H28N4O4S. The first kappa shape index (κ1) is 22.2. The first-order chi connectivity index (χ1) is 14.5. The lowest BCUT2D eigenvalue weighted by Gasteiger charge is -2.27. The number of hydrogen-bond donors (Lipinski definition) is 1. The number of nitrogens with one attached hydrogen (secondary N) is 1. The van der Waals surface area contributed by atoms with Gasteiger partial charge in [0, 0.05) is 44.5 Å². The summed E-state index contributed by atoms with van der Waals surface area (Å²) in [5, 5.41) is 2.83. The summed E-state index contributed by atoms with van der Waals surface area (Å²) < 4.78 is 32.1. The van der Waals surface area contributed by atoms with Gasteiger partial charge in [-0.15, -0.1) is 0 Å². The van der Waals surface area contributed by atoms with Gasteiger partial charge >= 0.3 is 0 Å². The van der Waals surface area contributed by atoms with Crippen molar-refractivity contribution >= 4 is 21.7 Å². The minimum atomic E-state index is -3.61. The van der Waals surface area contributed by atoms with Gasteiger partial charge < -0.3 is 15.0 Å². The molecule has 0 radical (unpaired) electrons. The molecule has 1 fully saturated rings. The maximum Gasteiger partial charge on any atom is 0.251 e. The normalized spacial score (nSPS) is 14.7. The van der Waals surface area contributed by atoms with Crippen LogP contribution in [0.25, 0.3) is 0 Å². The number of rotatable bonds is 8. The number of morpholine rings is 1. The molecule has 2 aromatic rings. The monoisotopic (exact) mass is 432 g/mol. The number of carbonyl (C=O) groups excluding carboxylic acids is 1. The Bertz CT molecular complexity index is 953. The van der Waals surface area contributed by atoms with E-state index in [0.29, 0.717) is 38.4 Å². The second-order valence-corrected chi connectivity index (χ2v) is 8.86. The lowest BCUT2D eigenvalue weighted by molar-refractivity contribution is 0.0950. The summed E-state index contributed by atoms with van der Waals surface area (Å²) in [7, 11) is -3.61. The van der Waals surface area contributed by atoms with Crippen LogP contribution in [0.4, 0.5) is 5.82 Å². The number of hydrogen-bond acceptors (Lipinski definition) is 6. The summed E-state index contributed by atoms with van der Waals surface area (Å²) in [6.45, 7) is 7.66. The van der Waals surface area contributed by atoms with Crippen LogP contribution in [0.1, 0.15) is 29.8 Å². The van der Waals surface area contributed by atoms with E-state index in [1.54, 1.807) is 32.2 Å². The molecule has 1 N–H and O–H groups in total. The third-order valence-corrected chi connectivity index (χ3v) is 7.08. The SMILES string of the molecule is CCN(CC)S(=O)(=O)c1cccc(C(=O)NCc2ccc(N3CCOCC3)nc2)c1. The van der Waals surface area contributed by atoms with Crippen molar-refractivity contribution < 1.29 is 17.9 Å². The predicted molar refractivity (Wildman–Crippen MR) is 115 cm³/mol. The molecule has 0 spiro atoms. The maximum absolute atomic E-state index is 12.7. The molecule has 2 heterocycles. The molecule has 1 aromatic carbocycles. The quantitative estimate of drug-likeness (QED) is 0.685. The Balaban J connectivity index is 1.64. The van der Waals surface area contributed by atoms with Gasteiger partial charge in [-0.1, -0.05) is 26.0 Å². The Labute approximate surface area is 177 Å². The topological polar surface area (TPSA) is 91.8 Å². The summed E-state index contributed by atoms with van der Waals surface area (Å²) in [6.07, 6.45) is 1.74. The Hall–Kier alpha value is -2.49. The molecule has 0 aliphatic carbocycles. The molecular weight excluding hydrogens is 404 g/mol. The molecule has 162 valence electrons. The molecule has 0 atom stereocenters. The van der Waals surface area contributed by atoms with Gasteiger partial charge in [0.1, 0.15) is 5.82 Å². The second-order valence-electron chi connectivity index (χ2n) is 6.92. The Morgan fingerprint density at radius 1 is 1.17 bits per heavy atom. The summed E-state index contributed by atoms with van der Waals surface area (Å²) >= 11 is 0. The minimum Gasteiger partial charge on any atom is -0.378 e. The first-order valence-electron chi connectivity index (χ1n) is 10.1. The smallest absolute Gasteiger partial charge is 0.251 e. The lowest BCUT2D eigenvalue weighted by atomic mass is 10.2. The maximum atomic E-state index is 12.7. The van der Waals surface area contributed by atoms with E-state index in [1.807, 2.05) is 12.1 Å². The van der Waals surface area contributed by atoms with Crippen molar-refractivity contribution in [2.24, 2.45) is 0 Å². The molecule has 1 aliphatic rings. The summed E-state index contributed by atoms with van der Waals surface area (Å²) in [5.41, 5.74) is 1.17. The summed E-state index contributed by atoms with van der Waals surface area (Å²) in [6, 6.07) is 9.99. The fourth-order valence-corrected chi connectivity index (χ4v) is 4.80. The van der Waals surface area contributed by atoms with E-state index in [1.165, 1.54) is 16.4 Å². The first-order valence-corrected chi connectivity index (χ1v) is 11.6. The number of aromatic nitrogens is 1. The Morgan fingerprint density at radius 3 is 2.53 bits per heavy atom. The van der Waals surface area contributed by atoms with Gasteiger partial charge in [-0.25, -0.2) is 13.4 Å². The molecule has 30 heavy (non-hydrogen) atoms. The van der Waals surface area contributed by atoms with Crippen LogP contribution in [-0.2, 0) is 21.3 Å². The average Bonchev–Trinajstić information content (AvgIpc) is 2.79. The van der Waals surface area contributed by atoms with E-state index in [9.17, 15) is 13.2 Å². The average molecular weight is 433 g/mol. The van der Waals surface area contributed by atoms with Crippen LogP contribution in [0.2, 0.25) is 0 Å². The van der Waals surface area contributed by atoms with Gasteiger partial charge in [-0.2, -0.15) is 4.31 Å². The number of ether oxygens (including phenoxy) is 1. The number of anilines is 1. The zero-order valence-electron chi connectivity index (χ0n) is 17.4. The minimum absolute atomic E-state index is 0.121. The number of sulfonamides is 1. The standard InChI is InChI=1S/C21H28N4O4S/c1-3-25(4-2)30(27,28)19-7-5-6-18(14-19)21(26)23-16-17-8-9-20(22-15-17)24-10-12-29-13-11-24/h5-9,14-15H,3-4,10-13,16H2,1-2H3,(H,23,26). The largest absolute Gasteiger partial charge is 0.378 e. The molecule has 0 unspecified atom stereocenters. The second kappa shape index (κ2) is 10.0. The molecule has 0 saturated carbocycles. The van der Waals surface area contributed by atoms with E-state index in [0.717, 1.165) is 24.5 Å². The number of benzene rings is 1. The highest BCUT2D eigenvalue weighted by atomic mass is 32.2. The summed E-state index contributed by atoms with van der Waals surface area (Å²) in [4.78, 5) is 19.3. The Morgan fingerprint density at radius 2 is 1.90 bits per heavy atom. The fourth-order valence-electron chi connectivity index (χ4n) is 3.30. The molecule has 9 heteroatoms. The highest BCUT2D eigenvalue weighted by Crippen LogP contribution is 2.17. The van der Waals surface area contributed by atoms with E-state index in [2.05, 4.69) is 15.2 Å².